The fraction of sp³-hybridized carbons (Fsp3) is 0.172. The van der Waals surface area contributed by atoms with Crippen molar-refractivity contribution in [3.63, 3.8) is 0 Å². The van der Waals surface area contributed by atoms with Gasteiger partial charge in [-0.05, 0) is 54.1 Å². The molecule has 2 aromatic heterocycles. The third kappa shape index (κ3) is 4.92. The van der Waals surface area contributed by atoms with E-state index < -0.39 is 0 Å². The molecule has 0 radical (unpaired) electrons. The Morgan fingerprint density at radius 2 is 1.73 bits per heavy atom. The molecule has 0 atom stereocenters. The van der Waals surface area contributed by atoms with Crippen molar-refractivity contribution in [1.82, 2.24) is 14.3 Å². The number of para-hydroxylation sites is 1. The maximum Gasteiger partial charge on any atom is 0.276 e. The van der Waals surface area contributed by atoms with Crippen LogP contribution in [0.25, 0.3) is 27.7 Å². The minimum Gasteiger partial charge on any atom is -0.493 e. The van der Waals surface area contributed by atoms with Crippen molar-refractivity contribution in [3.8, 4) is 28.3 Å². The number of rotatable bonds is 9. The van der Waals surface area contributed by atoms with Gasteiger partial charge >= 0.3 is 0 Å². The number of hydrogen-bond acceptors (Lipinski definition) is 5. The number of carbonyl (C=O) groups excluding carboxylic acids is 1. The van der Waals surface area contributed by atoms with Gasteiger partial charge in [0.15, 0.2) is 17.2 Å². The first kappa shape index (κ1) is 24.1. The van der Waals surface area contributed by atoms with Crippen LogP contribution in [0.15, 0.2) is 85.2 Å². The van der Waals surface area contributed by atoms with E-state index in [0.717, 1.165) is 28.7 Å². The zero-order valence-electron chi connectivity index (χ0n) is 21.0. The number of methoxy groups -OCH3 is 3. The van der Waals surface area contributed by atoms with Gasteiger partial charge in [0.2, 0.25) is 0 Å². The van der Waals surface area contributed by atoms with Gasteiger partial charge in [-0.15, -0.1) is 0 Å². The van der Waals surface area contributed by atoms with E-state index in [1.165, 1.54) is 0 Å². The number of hydrogen-bond donors (Lipinski definition) is 1. The lowest BCUT2D eigenvalue weighted by Gasteiger charge is -2.10. The topological polar surface area (TPSA) is 79.5 Å². The van der Waals surface area contributed by atoms with E-state index >= 15 is 0 Å². The van der Waals surface area contributed by atoms with Crippen LogP contribution in [0.1, 0.15) is 10.5 Å². The monoisotopic (exact) mass is 496 g/mol. The Hall–Kier alpha value is -4.56. The Morgan fingerprint density at radius 3 is 2.49 bits per heavy atom. The molecule has 0 fully saturated rings. The van der Waals surface area contributed by atoms with Gasteiger partial charge in [-0.3, -0.25) is 4.79 Å². The Bertz CT molecular complexity index is 1540. The van der Waals surface area contributed by atoms with Crippen LogP contribution in [0.4, 0.5) is 5.69 Å². The largest absolute Gasteiger partial charge is 0.493 e. The molecule has 0 unspecified atom stereocenters. The fourth-order valence-corrected chi connectivity index (χ4v) is 4.32. The highest BCUT2D eigenvalue weighted by Gasteiger charge is 2.21. The highest BCUT2D eigenvalue weighted by molar-refractivity contribution is 6.08. The molecule has 37 heavy (non-hydrogen) atoms. The molecule has 1 N–H and O–H groups in total. The smallest absolute Gasteiger partial charge is 0.276 e. The second kappa shape index (κ2) is 10.6. The van der Waals surface area contributed by atoms with E-state index in [2.05, 4.69) is 15.0 Å². The number of carbonyl (C=O) groups is 1. The van der Waals surface area contributed by atoms with Crippen molar-refractivity contribution in [3.05, 3.63) is 90.9 Å². The van der Waals surface area contributed by atoms with Gasteiger partial charge in [-0.25, -0.2) is 4.68 Å². The lowest BCUT2D eigenvalue weighted by atomic mass is 10.1. The molecule has 8 heteroatoms. The van der Waals surface area contributed by atoms with Crippen LogP contribution in [-0.2, 0) is 11.3 Å². The van der Waals surface area contributed by atoms with Crippen LogP contribution in [-0.4, -0.2) is 48.2 Å². The molecular weight excluding hydrogens is 468 g/mol. The summed E-state index contributed by atoms with van der Waals surface area (Å²) in [5.41, 5.74) is 4.38. The zero-order valence-corrected chi connectivity index (χ0v) is 21.0. The summed E-state index contributed by atoms with van der Waals surface area (Å²) in [7, 11) is 4.86. The Morgan fingerprint density at radius 1 is 0.919 bits per heavy atom. The van der Waals surface area contributed by atoms with Crippen molar-refractivity contribution in [2.24, 2.45) is 0 Å². The van der Waals surface area contributed by atoms with E-state index in [1.807, 2.05) is 85.2 Å². The molecule has 0 aliphatic rings. The average molecular weight is 497 g/mol. The summed E-state index contributed by atoms with van der Waals surface area (Å²) in [6.07, 6.45) is 3.87. The van der Waals surface area contributed by atoms with Crippen LogP contribution < -0.4 is 14.8 Å². The molecule has 0 spiro atoms. The normalized spacial score (nSPS) is 11.0. The molecule has 0 saturated carbocycles. The minimum atomic E-state index is -0.308. The van der Waals surface area contributed by atoms with E-state index in [1.54, 1.807) is 26.0 Å². The van der Waals surface area contributed by atoms with Gasteiger partial charge in [0.05, 0.1) is 26.5 Å². The molecule has 1 amide bonds. The summed E-state index contributed by atoms with van der Waals surface area (Å²) in [5.74, 6) is 0.873. The lowest BCUT2D eigenvalue weighted by Crippen LogP contribution is -2.14. The van der Waals surface area contributed by atoms with Gasteiger partial charge in [0, 0.05) is 48.2 Å². The molecule has 2 heterocycles. The molecule has 8 nitrogen and oxygen atoms in total. The van der Waals surface area contributed by atoms with E-state index in [9.17, 15) is 4.79 Å². The Kier molecular flexibility index (Phi) is 6.91. The average Bonchev–Trinajstić information content (AvgIpc) is 3.56. The van der Waals surface area contributed by atoms with Crippen LogP contribution in [0.3, 0.4) is 0 Å². The highest BCUT2D eigenvalue weighted by atomic mass is 16.5. The number of nitrogens with one attached hydrogen (secondary N) is 1. The fourth-order valence-electron chi connectivity index (χ4n) is 4.32. The number of anilines is 1. The Labute approximate surface area is 215 Å². The molecular formula is C29H28N4O4. The standard InChI is InChI=1S/C29H28N4O4/c1-35-16-15-32-14-13-21-17-22(10-11-25(21)32)30-29(34)28-24(19-33(31-28)23-7-5-4-6-8-23)20-9-12-26(36-2)27(18-20)37-3/h4-14,17-19H,15-16H2,1-3H3,(H,30,34). The molecule has 5 aromatic rings. The number of amides is 1. The van der Waals surface area contributed by atoms with Gasteiger partial charge in [0.25, 0.3) is 5.91 Å². The number of aromatic nitrogens is 3. The summed E-state index contributed by atoms with van der Waals surface area (Å²) in [6.45, 7) is 1.39. The molecule has 0 aliphatic carbocycles. The van der Waals surface area contributed by atoms with E-state index in [-0.39, 0.29) is 5.91 Å². The molecule has 0 saturated heterocycles. The number of nitrogens with zero attached hydrogens (tertiary/aromatic N) is 3. The first-order valence-corrected chi connectivity index (χ1v) is 11.9. The molecule has 188 valence electrons. The van der Waals surface area contributed by atoms with Crippen molar-refractivity contribution >= 4 is 22.5 Å². The third-order valence-electron chi connectivity index (χ3n) is 6.21. The first-order chi connectivity index (χ1) is 18.1. The third-order valence-corrected chi connectivity index (χ3v) is 6.21. The first-order valence-electron chi connectivity index (χ1n) is 11.9. The van der Waals surface area contributed by atoms with Gasteiger partial charge < -0.3 is 24.1 Å². The summed E-state index contributed by atoms with van der Waals surface area (Å²) >= 11 is 0. The summed E-state index contributed by atoms with van der Waals surface area (Å²) in [6, 6.07) is 23.1. The van der Waals surface area contributed by atoms with Crippen molar-refractivity contribution in [2.75, 3.05) is 33.3 Å². The van der Waals surface area contributed by atoms with Crippen LogP contribution >= 0.6 is 0 Å². The molecule has 3 aromatic carbocycles. The molecule has 0 aliphatic heterocycles. The van der Waals surface area contributed by atoms with E-state index in [0.29, 0.717) is 35.1 Å². The lowest BCUT2D eigenvalue weighted by molar-refractivity contribution is 0.102. The van der Waals surface area contributed by atoms with Crippen molar-refractivity contribution in [2.45, 2.75) is 6.54 Å². The number of benzene rings is 3. The number of ether oxygens (including phenoxy) is 3. The summed E-state index contributed by atoms with van der Waals surface area (Å²) in [4.78, 5) is 13.5. The maximum atomic E-state index is 13.5. The van der Waals surface area contributed by atoms with Crippen LogP contribution in [0, 0.1) is 0 Å². The van der Waals surface area contributed by atoms with Gasteiger partial charge in [-0.1, -0.05) is 24.3 Å². The minimum absolute atomic E-state index is 0.300. The van der Waals surface area contributed by atoms with Crippen molar-refractivity contribution < 1.29 is 19.0 Å². The molecule has 0 bridgehead atoms. The molecule has 5 rings (SSSR count). The quantitative estimate of drug-likeness (QED) is 0.295. The second-order valence-electron chi connectivity index (χ2n) is 8.47. The van der Waals surface area contributed by atoms with E-state index in [4.69, 9.17) is 14.2 Å². The van der Waals surface area contributed by atoms with Crippen LogP contribution in [0.2, 0.25) is 0 Å². The van der Waals surface area contributed by atoms with Crippen molar-refractivity contribution in [1.29, 1.82) is 0 Å². The summed E-state index contributed by atoms with van der Waals surface area (Å²) < 4.78 is 19.9. The predicted octanol–water partition coefficient (Wildman–Crippen LogP) is 5.41. The predicted molar refractivity (Wildman–Crippen MR) is 144 cm³/mol. The van der Waals surface area contributed by atoms with Crippen LogP contribution in [0.5, 0.6) is 11.5 Å². The summed E-state index contributed by atoms with van der Waals surface area (Å²) in [5, 5.41) is 8.72. The SMILES string of the molecule is COCCn1ccc2cc(NC(=O)c3nn(-c4ccccc4)cc3-c3ccc(OC)c(OC)c3)ccc21. The second-order valence-corrected chi connectivity index (χ2v) is 8.47. The highest BCUT2D eigenvalue weighted by Crippen LogP contribution is 2.34. The van der Waals surface area contributed by atoms with Gasteiger partial charge in [-0.2, -0.15) is 5.10 Å². The zero-order chi connectivity index (χ0) is 25.8. The Balaban J connectivity index is 1.51. The maximum absolute atomic E-state index is 13.5. The van der Waals surface area contributed by atoms with Gasteiger partial charge in [0.1, 0.15) is 0 Å². The number of fused-ring (bicyclic) bond motifs is 1.